The van der Waals surface area contributed by atoms with Crippen molar-refractivity contribution in [1.82, 2.24) is 9.80 Å². The maximum Gasteiger partial charge on any atom is 0.332 e. The van der Waals surface area contributed by atoms with Gasteiger partial charge in [0.1, 0.15) is 6.61 Å². The predicted octanol–water partition coefficient (Wildman–Crippen LogP) is 4.41. The van der Waals surface area contributed by atoms with Gasteiger partial charge in [0.2, 0.25) is 0 Å². The van der Waals surface area contributed by atoms with Gasteiger partial charge in [-0.25, -0.2) is 4.79 Å². The minimum atomic E-state index is -0.271. The largest absolute Gasteiger partial charge is 0.464 e. The molecule has 2 aromatic carbocycles. The maximum absolute atomic E-state index is 11.6. The highest BCUT2D eigenvalue weighted by atomic mass is 35.5. The number of ether oxygens (including phenoxy) is 2. The molecular formula is C25H33ClN2O3. The molecule has 1 heterocycles. The monoisotopic (exact) mass is 444 g/mol. The van der Waals surface area contributed by atoms with Gasteiger partial charge < -0.3 is 9.47 Å². The van der Waals surface area contributed by atoms with Gasteiger partial charge in [-0.2, -0.15) is 0 Å². The van der Waals surface area contributed by atoms with Crippen LogP contribution in [0.5, 0.6) is 0 Å². The van der Waals surface area contributed by atoms with Gasteiger partial charge in [-0.1, -0.05) is 67.4 Å². The molecule has 0 aliphatic carbocycles. The molecular weight excluding hydrogens is 412 g/mol. The smallest absolute Gasteiger partial charge is 0.332 e. The summed E-state index contributed by atoms with van der Waals surface area (Å²) < 4.78 is 10.6. The molecule has 0 bridgehead atoms. The molecule has 0 aromatic heterocycles. The van der Waals surface area contributed by atoms with Gasteiger partial charge in [0.15, 0.2) is 0 Å². The molecule has 1 aliphatic rings. The summed E-state index contributed by atoms with van der Waals surface area (Å²) in [6.07, 6.45) is 1.92. The molecule has 2 aromatic rings. The summed E-state index contributed by atoms with van der Waals surface area (Å²) in [6, 6.07) is 19.0. The summed E-state index contributed by atoms with van der Waals surface area (Å²) >= 11 is 6.12. The van der Waals surface area contributed by atoms with Crippen LogP contribution in [-0.2, 0) is 14.3 Å². The van der Waals surface area contributed by atoms with Crippen molar-refractivity contribution < 1.29 is 14.3 Å². The number of carbonyl (C=O) groups excluding carboxylic acids is 1. The first-order valence-electron chi connectivity index (χ1n) is 11.2. The van der Waals surface area contributed by atoms with Crippen LogP contribution >= 0.6 is 11.6 Å². The summed E-state index contributed by atoms with van der Waals surface area (Å²) in [6.45, 7) is 7.86. The highest BCUT2D eigenvalue weighted by molar-refractivity contribution is 6.30. The van der Waals surface area contributed by atoms with Gasteiger partial charge >= 0.3 is 5.97 Å². The number of piperazine rings is 1. The van der Waals surface area contributed by atoms with Crippen LogP contribution in [0.4, 0.5) is 0 Å². The highest BCUT2D eigenvalue weighted by Gasteiger charge is 2.26. The zero-order chi connectivity index (χ0) is 21.9. The standard InChI is InChI=1S/C25H33ClN2O3/c1-2-3-18-31-24(29)20-30-19-17-27-13-15-28(16-14-27)25(21-7-5-4-6-8-21)22-9-11-23(26)12-10-22/h4-12,25H,2-3,13-20H2,1H3/t25-/m0/s1. The number of nitrogens with zero attached hydrogens (tertiary/aromatic N) is 2. The Morgan fingerprint density at radius 3 is 2.32 bits per heavy atom. The normalized spacial score (nSPS) is 16.2. The highest BCUT2D eigenvalue weighted by Crippen LogP contribution is 2.30. The summed E-state index contributed by atoms with van der Waals surface area (Å²) in [5, 5.41) is 0.759. The van der Waals surface area contributed by atoms with E-state index < -0.39 is 0 Å². The number of benzene rings is 2. The van der Waals surface area contributed by atoms with Gasteiger partial charge in [0.05, 0.1) is 19.3 Å². The third-order valence-corrected chi connectivity index (χ3v) is 5.86. The lowest BCUT2D eigenvalue weighted by Crippen LogP contribution is -2.48. The van der Waals surface area contributed by atoms with Crippen LogP contribution in [-0.4, -0.2) is 68.3 Å². The van der Waals surface area contributed by atoms with E-state index in [9.17, 15) is 4.79 Å². The third kappa shape index (κ3) is 7.62. The van der Waals surface area contributed by atoms with E-state index in [1.165, 1.54) is 11.1 Å². The molecule has 0 spiro atoms. The maximum atomic E-state index is 11.6. The number of carbonyl (C=O) groups is 1. The van der Waals surface area contributed by atoms with E-state index in [1.54, 1.807) is 0 Å². The Labute approximate surface area is 190 Å². The molecule has 1 atom stereocenters. The quantitative estimate of drug-likeness (QED) is 0.379. The second-order valence-corrected chi connectivity index (χ2v) is 8.31. The Kier molecular flexibility index (Phi) is 9.82. The SMILES string of the molecule is CCCCOC(=O)COCCN1CCN([C@@H](c2ccccc2)c2ccc(Cl)cc2)CC1. The molecule has 5 nitrogen and oxygen atoms in total. The van der Waals surface area contributed by atoms with Crippen molar-refractivity contribution in [3.05, 3.63) is 70.7 Å². The van der Waals surface area contributed by atoms with Crippen LogP contribution < -0.4 is 0 Å². The van der Waals surface area contributed by atoms with Crippen molar-refractivity contribution in [2.75, 3.05) is 52.5 Å². The van der Waals surface area contributed by atoms with E-state index in [4.69, 9.17) is 21.1 Å². The lowest BCUT2D eigenvalue weighted by Gasteiger charge is -2.39. The van der Waals surface area contributed by atoms with Gasteiger partial charge in [-0.15, -0.1) is 0 Å². The molecule has 0 N–H and O–H groups in total. The molecule has 0 saturated carbocycles. The number of hydrogen-bond acceptors (Lipinski definition) is 5. The molecule has 0 amide bonds. The van der Waals surface area contributed by atoms with E-state index in [0.29, 0.717) is 13.2 Å². The lowest BCUT2D eigenvalue weighted by atomic mass is 9.96. The molecule has 168 valence electrons. The first-order valence-corrected chi connectivity index (χ1v) is 11.6. The van der Waals surface area contributed by atoms with E-state index >= 15 is 0 Å². The fourth-order valence-electron chi connectivity index (χ4n) is 3.86. The van der Waals surface area contributed by atoms with Crippen LogP contribution in [0.3, 0.4) is 0 Å². The number of rotatable bonds is 11. The molecule has 1 fully saturated rings. The lowest BCUT2D eigenvalue weighted by molar-refractivity contribution is -0.149. The summed E-state index contributed by atoms with van der Waals surface area (Å²) in [5.41, 5.74) is 2.55. The Morgan fingerprint density at radius 1 is 0.968 bits per heavy atom. The number of halogens is 1. The fourth-order valence-corrected chi connectivity index (χ4v) is 3.99. The minimum absolute atomic E-state index is 0.0380. The zero-order valence-corrected chi connectivity index (χ0v) is 19.1. The Morgan fingerprint density at radius 2 is 1.65 bits per heavy atom. The van der Waals surface area contributed by atoms with Crippen molar-refractivity contribution in [2.45, 2.75) is 25.8 Å². The average Bonchev–Trinajstić information content (AvgIpc) is 2.80. The summed E-state index contributed by atoms with van der Waals surface area (Å²) in [7, 11) is 0. The Balaban J connectivity index is 1.47. The molecule has 3 rings (SSSR count). The van der Waals surface area contributed by atoms with Crippen molar-refractivity contribution >= 4 is 17.6 Å². The van der Waals surface area contributed by atoms with E-state index in [-0.39, 0.29) is 18.6 Å². The number of unbranched alkanes of at least 4 members (excludes halogenated alkanes) is 1. The molecule has 0 unspecified atom stereocenters. The van der Waals surface area contributed by atoms with Crippen molar-refractivity contribution in [1.29, 1.82) is 0 Å². The van der Waals surface area contributed by atoms with Gasteiger partial charge in [0, 0.05) is 37.7 Å². The topological polar surface area (TPSA) is 42.0 Å². The van der Waals surface area contributed by atoms with Gasteiger partial charge in [-0.05, 0) is 29.7 Å². The zero-order valence-electron chi connectivity index (χ0n) is 18.3. The van der Waals surface area contributed by atoms with Crippen LogP contribution in [0.1, 0.15) is 36.9 Å². The Hall–Kier alpha value is -1.92. The van der Waals surface area contributed by atoms with Crippen LogP contribution in [0.15, 0.2) is 54.6 Å². The fraction of sp³-hybridized carbons (Fsp3) is 0.480. The van der Waals surface area contributed by atoms with Gasteiger partial charge in [0.25, 0.3) is 0 Å². The first-order chi connectivity index (χ1) is 15.2. The van der Waals surface area contributed by atoms with E-state index in [1.807, 2.05) is 12.1 Å². The van der Waals surface area contributed by atoms with Crippen LogP contribution in [0.25, 0.3) is 0 Å². The molecule has 31 heavy (non-hydrogen) atoms. The molecule has 6 heteroatoms. The van der Waals surface area contributed by atoms with E-state index in [0.717, 1.165) is 50.6 Å². The number of hydrogen-bond donors (Lipinski definition) is 0. The third-order valence-electron chi connectivity index (χ3n) is 5.61. The molecule has 1 aliphatic heterocycles. The van der Waals surface area contributed by atoms with Crippen LogP contribution in [0.2, 0.25) is 5.02 Å². The summed E-state index contributed by atoms with van der Waals surface area (Å²) in [4.78, 5) is 16.5. The molecule has 1 saturated heterocycles. The first kappa shape index (κ1) is 23.7. The predicted molar refractivity (Wildman–Crippen MR) is 124 cm³/mol. The second kappa shape index (κ2) is 12.8. The average molecular weight is 445 g/mol. The van der Waals surface area contributed by atoms with Crippen molar-refractivity contribution in [2.24, 2.45) is 0 Å². The molecule has 0 radical (unpaired) electrons. The number of esters is 1. The summed E-state index contributed by atoms with van der Waals surface area (Å²) in [5.74, 6) is -0.271. The van der Waals surface area contributed by atoms with Crippen molar-refractivity contribution in [3.8, 4) is 0 Å². The van der Waals surface area contributed by atoms with Gasteiger partial charge in [-0.3, -0.25) is 9.80 Å². The van der Waals surface area contributed by atoms with Crippen LogP contribution in [0, 0.1) is 0 Å². The van der Waals surface area contributed by atoms with E-state index in [2.05, 4.69) is 59.2 Å². The second-order valence-electron chi connectivity index (χ2n) is 7.87. The Bertz CT molecular complexity index is 777. The minimum Gasteiger partial charge on any atom is -0.464 e. The van der Waals surface area contributed by atoms with Crippen molar-refractivity contribution in [3.63, 3.8) is 0 Å².